The minimum atomic E-state index is -0.505. The summed E-state index contributed by atoms with van der Waals surface area (Å²) in [5.74, 6) is 0.0422. The van der Waals surface area contributed by atoms with Gasteiger partial charge >= 0.3 is 0 Å². The summed E-state index contributed by atoms with van der Waals surface area (Å²) in [7, 11) is 0. The number of thioether (sulfide) groups is 1. The number of hydrogen-bond donors (Lipinski definition) is 1. The summed E-state index contributed by atoms with van der Waals surface area (Å²) < 4.78 is 25.6. The van der Waals surface area contributed by atoms with Crippen molar-refractivity contribution in [2.45, 2.75) is 6.42 Å². The Hall–Kier alpha value is -0.610. The molecule has 0 unspecified atom stereocenters. The van der Waals surface area contributed by atoms with E-state index in [1.807, 2.05) is 6.26 Å². The molecular weight excluding hydrogens is 216 g/mol. The Morgan fingerprint density at radius 1 is 1.13 bits per heavy atom. The lowest BCUT2D eigenvalue weighted by Crippen LogP contribution is -2.20. The highest BCUT2D eigenvalue weighted by Crippen LogP contribution is 2.07. The van der Waals surface area contributed by atoms with Crippen LogP contribution in [0.1, 0.15) is 5.56 Å². The first-order valence-electron chi connectivity index (χ1n) is 4.87. The van der Waals surface area contributed by atoms with Gasteiger partial charge in [-0.05, 0) is 36.9 Å². The van der Waals surface area contributed by atoms with Crippen LogP contribution in [0.2, 0.25) is 0 Å². The lowest BCUT2D eigenvalue weighted by atomic mass is 10.1. The highest BCUT2D eigenvalue weighted by molar-refractivity contribution is 7.98. The molecule has 0 aromatic heterocycles. The highest BCUT2D eigenvalue weighted by atomic mass is 32.2. The van der Waals surface area contributed by atoms with Crippen molar-refractivity contribution in [1.82, 2.24) is 5.32 Å². The van der Waals surface area contributed by atoms with Crippen molar-refractivity contribution in [3.63, 3.8) is 0 Å². The molecule has 0 heterocycles. The van der Waals surface area contributed by atoms with Gasteiger partial charge < -0.3 is 5.32 Å². The van der Waals surface area contributed by atoms with E-state index < -0.39 is 11.6 Å². The van der Waals surface area contributed by atoms with Gasteiger partial charge in [-0.2, -0.15) is 11.8 Å². The molecule has 1 rings (SSSR count). The van der Waals surface area contributed by atoms with E-state index in [1.54, 1.807) is 11.8 Å². The molecule has 0 aliphatic heterocycles. The average molecular weight is 231 g/mol. The molecule has 0 aliphatic carbocycles. The smallest absolute Gasteiger partial charge is 0.126 e. The fourth-order valence-corrected chi connectivity index (χ4v) is 1.64. The van der Waals surface area contributed by atoms with Gasteiger partial charge in [0.05, 0.1) is 0 Å². The number of hydrogen-bond acceptors (Lipinski definition) is 2. The van der Waals surface area contributed by atoms with Crippen LogP contribution < -0.4 is 5.32 Å². The average Bonchev–Trinajstić information content (AvgIpc) is 2.16. The van der Waals surface area contributed by atoms with E-state index in [1.165, 1.54) is 12.1 Å². The first kappa shape index (κ1) is 12.5. The molecule has 0 spiro atoms. The summed E-state index contributed by atoms with van der Waals surface area (Å²) >= 11 is 1.77. The standard InChI is InChI=1S/C11H15F2NS/c1-15-5-4-14-3-2-9-6-10(12)8-11(13)7-9/h6-8,14H,2-5H2,1H3. The molecule has 0 saturated heterocycles. The van der Waals surface area contributed by atoms with E-state index in [4.69, 9.17) is 0 Å². The summed E-state index contributed by atoms with van der Waals surface area (Å²) in [6.45, 7) is 1.68. The second-order valence-electron chi connectivity index (χ2n) is 3.27. The Balaban J connectivity index is 2.31. The van der Waals surface area contributed by atoms with Crippen molar-refractivity contribution < 1.29 is 8.78 Å². The molecule has 1 nitrogen and oxygen atoms in total. The zero-order valence-electron chi connectivity index (χ0n) is 8.72. The number of halogens is 2. The van der Waals surface area contributed by atoms with Crippen molar-refractivity contribution in [1.29, 1.82) is 0 Å². The van der Waals surface area contributed by atoms with Gasteiger partial charge in [0.2, 0.25) is 0 Å². The first-order valence-corrected chi connectivity index (χ1v) is 6.26. The SMILES string of the molecule is CSCCNCCc1cc(F)cc(F)c1. The Bertz CT molecular complexity index is 284. The van der Waals surface area contributed by atoms with Gasteiger partial charge in [-0.15, -0.1) is 0 Å². The second-order valence-corrected chi connectivity index (χ2v) is 4.26. The Labute approximate surface area is 93.3 Å². The van der Waals surface area contributed by atoms with E-state index in [-0.39, 0.29) is 0 Å². The van der Waals surface area contributed by atoms with E-state index >= 15 is 0 Å². The summed E-state index contributed by atoms with van der Waals surface area (Å²) in [5.41, 5.74) is 0.698. The van der Waals surface area contributed by atoms with Gasteiger partial charge in [-0.3, -0.25) is 0 Å². The number of rotatable bonds is 6. The van der Waals surface area contributed by atoms with Gasteiger partial charge in [0.1, 0.15) is 11.6 Å². The predicted octanol–water partition coefficient (Wildman–Crippen LogP) is 2.46. The fourth-order valence-electron chi connectivity index (χ4n) is 1.29. The van der Waals surface area contributed by atoms with Crippen molar-refractivity contribution in [2.24, 2.45) is 0 Å². The molecule has 0 fully saturated rings. The van der Waals surface area contributed by atoms with Gasteiger partial charge in [0.15, 0.2) is 0 Å². The lowest BCUT2D eigenvalue weighted by molar-refractivity contribution is 0.578. The van der Waals surface area contributed by atoms with Crippen LogP contribution in [0, 0.1) is 11.6 Å². The summed E-state index contributed by atoms with van der Waals surface area (Å²) in [6, 6.07) is 3.64. The number of benzene rings is 1. The van der Waals surface area contributed by atoms with Crippen molar-refractivity contribution in [2.75, 3.05) is 25.1 Å². The summed E-state index contributed by atoms with van der Waals surface area (Å²) in [5, 5.41) is 3.21. The Morgan fingerprint density at radius 2 is 1.80 bits per heavy atom. The van der Waals surface area contributed by atoms with Crippen molar-refractivity contribution in [3.8, 4) is 0 Å². The first-order chi connectivity index (χ1) is 7.22. The van der Waals surface area contributed by atoms with Crippen molar-refractivity contribution in [3.05, 3.63) is 35.4 Å². The van der Waals surface area contributed by atoms with Crippen LogP contribution >= 0.6 is 11.8 Å². The predicted molar refractivity (Wildman–Crippen MR) is 61.3 cm³/mol. The van der Waals surface area contributed by atoms with Crippen LogP contribution in [0.25, 0.3) is 0 Å². The Morgan fingerprint density at radius 3 is 2.40 bits per heavy atom. The van der Waals surface area contributed by atoms with Gasteiger partial charge in [0.25, 0.3) is 0 Å². The zero-order valence-corrected chi connectivity index (χ0v) is 9.54. The normalized spacial score (nSPS) is 10.6. The quantitative estimate of drug-likeness (QED) is 0.755. The highest BCUT2D eigenvalue weighted by Gasteiger charge is 1.99. The topological polar surface area (TPSA) is 12.0 Å². The minimum absolute atomic E-state index is 0.505. The minimum Gasteiger partial charge on any atom is -0.316 e. The van der Waals surface area contributed by atoms with Crippen LogP contribution in [-0.4, -0.2) is 25.1 Å². The molecule has 0 amide bonds. The van der Waals surface area contributed by atoms with Gasteiger partial charge in [-0.1, -0.05) is 0 Å². The van der Waals surface area contributed by atoms with Gasteiger partial charge in [0, 0.05) is 18.4 Å². The maximum atomic E-state index is 12.8. The maximum Gasteiger partial charge on any atom is 0.126 e. The third-order valence-corrected chi connectivity index (χ3v) is 2.61. The largest absolute Gasteiger partial charge is 0.316 e. The third-order valence-electron chi connectivity index (χ3n) is 2.00. The Kier molecular flexibility index (Phi) is 5.65. The molecule has 0 saturated carbocycles. The number of nitrogens with one attached hydrogen (secondary N) is 1. The van der Waals surface area contributed by atoms with Gasteiger partial charge in [-0.25, -0.2) is 8.78 Å². The molecule has 0 bridgehead atoms. The third kappa shape index (κ3) is 5.14. The zero-order chi connectivity index (χ0) is 11.1. The monoisotopic (exact) mass is 231 g/mol. The summed E-state index contributed by atoms with van der Waals surface area (Å²) in [6.07, 6.45) is 2.70. The van der Waals surface area contributed by atoms with E-state index in [2.05, 4.69) is 5.32 Å². The molecule has 4 heteroatoms. The summed E-state index contributed by atoms with van der Waals surface area (Å²) in [4.78, 5) is 0. The van der Waals surface area contributed by atoms with Crippen LogP contribution in [0.3, 0.4) is 0 Å². The van der Waals surface area contributed by atoms with Crippen LogP contribution in [0.5, 0.6) is 0 Å². The maximum absolute atomic E-state index is 12.8. The second kappa shape index (κ2) is 6.80. The molecule has 1 N–H and O–H groups in total. The molecule has 0 atom stereocenters. The fraction of sp³-hybridized carbons (Fsp3) is 0.455. The molecular formula is C11H15F2NS. The van der Waals surface area contributed by atoms with Crippen LogP contribution in [0.4, 0.5) is 8.78 Å². The van der Waals surface area contributed by atoms with E-state index in [9.17, 15) is 8.78 Å². The molecule has 1 aromatic rings. The molecule has 0 aliphatic rings. The van der Waals surface area contributed by atoms with Crippen molar-refractivity contribution >= 4 is 11.8 Å². The van der Waals surface area contributed by atoms with Crippen LogP contribution in [-0.2, 0) is 6.42 Å². The van der Waals surface area contributed by atoms with Crippen LogP contribution in [0.15, 0.2) is 18.2 Å². The molecule has 0 radical (unpaired) electrons. The lowest BCUT2D eigenvalue weighted by Gasteiger charge is -2.04. The molecule has 84 valence electrons. The van der Waals surface area contributed by atoms with E-state index in [0.717, 1.165) is 24.9 Å². The van der Waals surface area contributed by atoms with E-state index in [0.29, 0.717) is 12.0 Å². The molecule has 15 heavy (non-hydrogen) atoms. The molecule has 1 aromatic carbocycles.